The van der Waals surface area contributed by atoms with Gasteiger partial charge in [0.1, 0.15) is 12.1 Å². The van der Waals surface area contributed by atoms with Gasteiger partial charge in [-0.15, -0.1) is 0 Å². The highest BCUT2D eigenvalue weighted by atomic mass is 16.5. The van der Waals surface area contributed by atoms with Crippen LogP contribution >= 0.6 is 0 Å². The van der Waals surface area contributed by atoms with Crippen molar-refractivity contribution in [3.8, 4) is 5.88 Å². The molecule has 5 nitrogen and oxygen atoms in total. The van der Waals surface area contributed by atoms with Gasteiger partial charge in [0.15, 0.2) is 0 Å². The monoisotopic (exact) mass is 252 g/mol. The number of nitrogen functional groups attached to an aromatic ring is 1. The van der Waals surface area contributed by atoms with Gasteiger partial charge in [-0.25, -0.2) is 15.8 Å². The third-order valence-corrected chi connectivity index (χ3v) is 2.63. The van der Waals surface area contributed by atoms with Gasteiger partial charge in [-0.1, -0.05) is 34.1 Å². The first-order valence-corrected chi connectivity index (χ1v) is 6.41. The van der Waals surface area contributed by atoms with Crippen molar-refractivity contribution < 1.29 is 4.74 Å². The summed E-state index contributed by atoms with van der Waals surface area (Å²) in [4.78, 5) is 8.30. The average molecular weight is 252 g/mol. The van der Waals surface area contributed by atoms with E-state index >= 15 is 0 Å². The van der Waals surface area contributed by atoms with Crippen LogP contribution in [0, 0.1) is 5.41 Å². The first-order valence-electron chi connectivity index (χ1n) is 6.41. The lowest BCUT2D eigenvalue weighted by molar-refractivity contribution is 0.234. The fourth-order valence-corrected chi connectivity index (χ4v) is 1.57. The number of nitrogens with zero attached hydrogens (tertiary/aromatic N) is 2. The van der Waals surface area contributed by atoms with Crippen LogP contribution < -0.4 is 16.0 Å². The molecule has 0 aromatic carbocycles. The normalized spacial score (nSPS) is 11.4. The standard InChI is InChI=1S/C13H24N4O/c1-5-6-10-11(17-14)15-9-16-12(10)18-8-7-13(2,3)4/h9H,5-8,14H2,1-4H3,(H,15,16,17). The SMILES string of the molecule is CCCc1c(NN)ncnc1OCCC(C)(C)C. The minimum absolute atomic E-state index is 0.257. The van der Waals surface area contributed by atoms with Gasteiger partial charge >= 0.3 is 0 Å². The highest BCUT2D eigenvalue weighted by Gasteiger charge is 2.14. The Bertz CT molecular complexity index is 374. The summed E-state index contributed by atoms with van der Waals surface area (Å²) in [6.07, 6.45) is 4.30. The molecular weight excluding hydrogens is 228 g/mol. The maximum atomic E-state index is 5.76. The molecule has 102 valence electrons. The Morgan fingerprint density at radius 1 is 1.33 bits per heavy atom. The molecule has 5 heteroatoms. The molecule has 0 aliphatic heterocycles. The summed E-state index contributed by atoms with van der Waals surface area (Å²) in [7, 11) is 0. The second-order valence-electron chi connectivity index (χ2n) is 5.56. The topological polar surface area (TPSA) is 73.1 Å². The van der Waals surface area contributed by atoms with Gasteiger partial charge in [0.25, 0.3) is 0 Å². The molecule has 1 aromatic heterocycles. The summed E-state index contributed by atoms with van der Waals surface area (Å²) < 4.78 is 5.76. The predicted molar refractivity (Wildman–Crippen MR) is 73.4 cm³/mol. The van der Waals surface area contributed by atoms with Gasteiger partial charge < -0.3 is 10.2 Å². The Labute approximate surface area is 109 Å². The molecule has 0 amide bonds. The molecule has 3 N–H and O–H groups in total. The zero-order chi connectivity index (χ0) is 13.6. The van der Waals surface area contributed by atoms with Crippen LogP contribution in [0.4, 0.5) is 5.82 Å². The summed E-state index contributed by atoms with van der Waals surface area (Å²) in [5.41, 5.74) is 3.81. The van der Waals surface area contributed by atoms with Crippen molar-refractivity contribution in [1.29, 1.82) is 0 Å². The van der Waals surface area contributed by atoms with Crippen LogP contribution in [0.5, 0.6) is 5.88 Å². The molecule has 0 aliphatic carbocycles. The van der Waals surface area contributed by atoms with E-state index in [0.29, 0.717) is 18.3 Å². The van der Waals surface area contributed by atoms with Gasteiger partial charge in [0.05, 0.1) is 12.2 Å². The first kappa shape index (κ1) is 14.7. The Hall–Kier alpha value is -1.36. The quantitative estimate of drug-likeness (QED) is 0.601. The lowest BCUT2D eigenvalue weighted by Gasteiger charge is -2.19. The van der Waals surface area contributed by atoms with Crippen LogP contribution in [0.3, 0.4) is 0 Å². The molecular formula is C13H24N4O. The van der Waals surface area contributed by atoms with Gasteiger partial charge in [-0.2, -0.15) is 0 Å². The Morgan fingerprint density at radius 3 is 2.61 bits per heavy atom. The van der Waals surface area contributed by atoms with Crippen molar-refractivity contribution in [1.82, 2.24) is 9.97 Å². The van der Waals surface area contributed by atoms with Crippen molar-refractivity contribution in [2.24, 2.45) is 11.3 Å². The molecule has 0 aliphatic rings. The minimum atomic E-state index is 0.257. The summed E-state index contributed by atoms with van der Waals surface area (Å²) in [5, 5.41) is 0. The predicted octanol–water partition coefficient (Wildman–Crippen LogP) is 2.53. The van der Waals surface area contributed by atoms with Crippen molar-refractivity contribution >= 4 is 5.82 Å². The van der Waals surface area contributed by atoms with Gasteiger partial charge in [-0.05, 0) is 18.3 Å². The maximum absolute atomic E-state index is 5.76. The number of anilines is 1. The second kappa shape index (κ2) is 6.54. The van der Waals surface area contributed by atoms with Crippen LogP contribution in [-0.4, -0.2) is 16.6 Å². The van der Waals surface area contributed by atoms with E-state index in [4.69, 9.17) is 10.6 Å². The van der Waals surface area contributed by atoms with E-state index in [9.17, 15) is 0 Å². The maximum Gasteiger partial charge on any atom is 0.221 e. The molecule has 0 saturated heterocycles. The molecule has 0 radical (unpaired) electrons. The van der Waals surface area contributed by atoms with Crippen LogP contribution in [0.15, 0.2) is 6.33 Å². The third-order valence-electron chi connectivity index (χ3n) is 2.63. The number of nitrogens with two attached hydrogens (primary N) is 1. The minimum Gasteiger partial charge on any atom is -0.477 e. The zero-order valence-electron chi connectivity index (χ0n) is 11.8. The van der Waals surface area contributed by atoms with Crippen LogP contribution in [0.25, 0.3) is 0 Å². The largest absolute Gasteiger partial charge is 0.477 e. The zero-order valence-corrected chi connectivity index (χ0v) is 11.8. The van der Waals surface area contributed by atoms with E-state index in [0.717, 1.165) is 24.8 Å². The Balaban J connectivity index is 2.75. The summed E-state index contributed by atoms with van der Waals surface area (Å²) in [6.45, 7) is 9.33. The van der Waals surface area contributed by atoms with E-state index < -0.39 is 0 Å². The van der Waals surface area contributed by atoms with Crippen LogP contribution in [0.1, 0.15) is 46.1 Å². The van der Waals surface area contributed by atoms with Crippen LogP contribution in [0.2, 0.25) is 0 Å². The molecule has 1 rings (SSSR count). The second-order valence-corrected chi connectivity index (χ2v) is 5.56. The van der Waals surface area contributed by atoms with E-state index in [-0.39, 0.29) is 5.41 Å². The number of ether oxygens (including phenoxy) is 1. The van der Waals surface area contributed by atoms with Gasteiger partial charge in [-0.3, -0.25) is 0 Å². The van der Waals surface area contributed by atoms with Gasteiger partial charge in [0, 0.05) is 0 Å². The first-order chi connectivity index (χ1) is 8.48. The lowest BCUT2D eigenvalue weighted by atomic mass is 9.93. The summed E-state index contributed by atoms with van der Waals surface area (Å²) in [6, 6.07) is 0. The highest BCUT2D eigenvalue weighted by molar-refractivity contribution is 5.47. The molecule has 18 heavy (non-hydrogen) atoms. The van der Waals surface area contributed by atoms with Crippen molar-refractivity contribution in [2.75, 3.05) is 12.0 Å². The highest BCUT2D eigenvalue weighted by Crippen LogP contribution is 2.24. The number of hydrogen-bond donors (Lipinski definition) is 2. The van der Waals surface area contributed by atoms with E-state index in [1.165, 1.54) is 6.33 Å². The smallest absolute Gasteiger partial charge is 0.221 e. The fraction of sp³-hybridized carbons (Fsp3) is 0.692. The van der Waals surface area contributed by atoms with E-state index in [1.807, 2.05) is 0 Å². The molecule has 0 spiro atoms. The molecule has 1 aromatic rings. The molecule has 0 fully saturated rings. The number of nitrogens with one attached hydrogen (secondary N) is 1. The lowest BCUT2D eigenvalue weighted by Crippen LogP contribution is -2.15. The molecule has 0 bridgehead atoms. The number of hydrazine groups is 1. The Morgan fingerprint density at radius 2 is 2.06 bits per heavy atom. The number of aromatic nitrogens is 2. The molecule has 0 unspecified atom stereocenters. The van der Waals surface area contributed by atoms with Crippen LogP contribution in [-0.2, 0) is 6.42 Å². The Kier molecular flexibility index (Phi) is 5.34. The summed E-state index contributed by atoms with van der Waals surface area (Å²) in [5.74, 6) is 6.75. The van der Waals surface area contributed by atoms with Gasteiger partial charge in [0.2, 0.25) is 5.88 Å². The van der Waals surface area contributed by atoms with Crippen molar-refractivity contribution in [3.63, 3.8) is 0 Å². The molecule has 0 saturated carbocycles. The summed E-state index contributed by atoms with van der Waals surface area (Å²) >= 11 is 0. The fourth-order valence-electron chi connectivity index (χ4n) is 1.57. The molecule has 0 atom stereocenters. The number of hydrogen-bond acceptors (Lipinski definition) is 5. The van der Waals surface area contributed by atoms with E-state index in [1.54, 1.807) is 0 Å². The third kappa shape index (κ3) is 4.49. The van der Waals surface area contributed by atoms with Crippen molar-refractivity contribution in [2.45, 2.75) is 47.0 Å². The van der Waals surface area contributed by atoms with Crippen molar-refractivity contribution in [3.05, 3.63) is 11.9 Å². The van der Waals surface area contributed by atoms with E-state index in [2.05, 4.69) is 43.1 Å². The number of rotatable bonds is 6. The average Bonchev–Trinajstić information content (AvgIpc) is 2.29. The molecule has 1 heterocycles.